The Hall–Kier alpha value is -2.67. The number of nitrogens with two attached hydrogens (primary N) is 1. The van der Waals surface area contributed by atoms with Gasteiger partial charge in [-0.15, -0.1) is 5.11 Å². The number of aromatic nitrogens is 1. The molecule has 0 saturated heterocycles. The first-order chi connectivity index (χ1) is 9.58. The fourth-order valence-electron chi connectivity index (χ4n) is 1.74. The predicted molar refractivity (Wildman–Crippen MR) is 75.7 cm³/mol. The summed E-state index contributed by atoms with van der Waals surface area (Å²) in [6.07, 6.45) is 2.42. The van der Waals surface area contributed by atoms with Gasteiger partial charge < -0.3 is 15.9 Å². The van der Waals surface area contributed by atoms with E-state index in [4.69, 9.17) is 23.0 Å². The lowest BCUT2D eigenvalue weighted by Gasteiger charge is -1.99. The van der Waals surface area contributed by atoms with Gasteiger partial charge in [-0.1, -0.05) is 23.7 Å². The average molecular weight is 292 g/mol. The first-order valence-corrected chi connectivity index (χ1v) is 5.82. The summed E-state index contributed by atoms with van der Waals surface area (Å²) < 4.78 is 0. The van der Waals surface area contributed by atoms with Crippen molar-refractivity contribution in [3.63, 3.8) is 0 Å². The Morgan fingerprint density at radius 2 is 2.25 bits per heavy atom. The SMILES string of the molecule is N=NC(=NN)C(=O)C=C(O)c1c[nH]c2c(Cl)cccc12. The standard InChI is InChI=1S/C12H10ClN5O2/c13-8-3-1-2-6-7(5-16-11(6)8)9(19)4-10(20)12(17-14)18-15/h1-5,14,16,19H,15H2. The lowest BCUT2D eigenvalue weighted by atomic mass is 10.1. The van der Waals surface area contributed by atoms with E-state index in [1.807, 2.05) is 0 Å². The third kappa shape index (κ3) is 2.39. The highest BCUT2D eigenvalue weighted by molar-refractivity contribution is 6.44. The van der Waals surface area contributed by atoms with Crippen LogP contribution in [0.2, 0.25) is 5.02 Å². The second-order valence-corrected chi connectivity index (χ2v) is 4.23. The number of aromatic amines is 1. The van der Waals surface area contributed by atoms with Gasteiger partial charge in [0.15, 0.2) is 0 Å². The van der Waals surface area contributed by atoms with Crippen LogP contribution in [0.4, 0.5) is 0 Å². The first-order valence-electron chi connectivity index (χ1n) is 5.44. The number of rotatable bonds is 3. The Bertz CT molecular complexity index is 747. The molecule has 2 rings (SSSR count). The van der Waals surface area contributed by atoms with Crippen LogP contribution in [-0.4, -0.2) is 21.7 Å². The van der Waals surface area contributed by atoms with E-state index in [2.05, 4.69) is 15.2 Å². The fourth-order valence-corrected chi connectivity index (χ4v) is 1.97. The quantitative estimate of drug-likeness (QED) is 0.132. The maximum Gasteiger partial charge on any atom is 0.239 e. The van der Waals surface area contributed by atoms with Crippen LogP contribution in [0, 0.1) is 5.53 Å². The van der Waals surface area contributed by atoms with Crippen molar-refractivity contribution in [3.05, 3.63) is 41.1 Å². The van der Waals surface area contributed by atoms with Crippen molar-refractivity contribution < 1.29 is 9.90 Å². The van der Waals surface area contributed by atoms with Crippen molar-refractivity contribution in [2.24, 2.45) is 16.1 Å². The van der Waals surface area contributed by atoms with Gasteiger partial charge >= 0.3 is 0 Å². The van der Waals surface area contributed by atoms with E-state index in [1.165, 1.54) is 6.20 Å². The van der Waals surface area contributed by atoms with Gasteiger partial charge in [-0.3, -0.25) is 4.79 Å². The van der Waals surface area contributed by atoms with Crippen LogP contribution >= 0.6 is 11.6 Å². The number of amidine groups is 1. The number of nitrogens with one attached hydrogen (secondary N) is 2. The largest absolute Gasteiger partial charge is 0.507 e. The molecule has 20 heavy (non-hydrogen) atoms. The van der Waals surface area contributed by atoms with Crippen LogP contribution in [0.5, 0.6) is 0 Å². The molecular formula is C12H10ClN5O2. The highest BCUT2D eigenvalue weighted by Gasteiger charge is 2.13. The molecule has 1 heterocycles. The second-order valence-electron chi connectivity index (χ2n) is 3.82. The number of fused-ring (bicyclic) bond motifs is 1. The van der Waals surface area contributed by atoms with Crippen LogP contribution in [0.1, 0.15) is 5.56 Å². The monoisotopic (exact) mass is 291 g/mol. The van der Waals surface area contributed by atoms with Crippen LogP contribution in [0.25, 0.3) is 16.7 Å². The lowest BCUT2D eigenvalue weighted by Crippen LogP contribution is -2.10. The summed E-state index contributed by atoms with van der Waals surface area (Å²) in [5.41, 5.74) is 7.78. The summed E-state index contributed by atoms with van der Waals surface area (Å²) in [7, 11) is 0. The fraction of sp³-hybridized carbons (Fsp3) is 0. The number of nitrogens with zero attached hydrogens (tertiary/aromatic N) is 2. The molecule has 0 fully saturated rings. The maximum atomic E-state index is 11.6. The van der Waals surface area contributed by atoms with Gasteiger partial charge in [-0.05, 0) is 6.07 Å². The zero-order chi connectivity index (χ0) is 14.7. The van der Waals surface area contributed by atoms with Crippen molar-refractivity contribution in [2.75, 3.05) is 0 Å². The van der Waals surface area contributed by atoms with E-state index in [0.717, 1.165) is 6.08 Å². The maximum absolute atomic E-state index is 11.6. The molecule has 0 bridgehead atoms. The highest BCUT2D eigenvalue weighted by Crippen LogP contribution is 2.28. The van der Waals surface area contributed by atoms with Crippen molar-refractivity contribution in [1.29, 1.82) is 5.53 Å². The van der Waals surface area contributed by atoms with Gasteiger partial charge in [-0.25, -0.2) is 5.53 Å². The molecule has 2 aromatic rings. The summed E-state index contributed by atoms with van der Waals surface area (Å²) in [4.78, 5) is 14.5. The van der Waals surface area contributed by atoms with Gasteiger partial charge in [0.2, 0.25) is 11.6 Å². The number of hydrogen-bond donors (Lipinski definition) is 4. The summed E-state index contributed by atoms with van der Waals surface area (Å²) in [6, 6.07) is 5.17. The molecule has 1 aromatic carbocycles. The van der Waals surface area contributed by atoms with Crippen LogP contribution in [0.15, 0.2) is 40.7 Å². The molecule has 1 aromatic heterocycles. The van der Waals surface area contributed by atoms with E-state index >= 15 is 0 Å². The van der Waals surface area contributed by atoms with Gasteiger partial charge in [0.25, 0.3) is 0 Å². The van der Waals surface area contributed by atoms with Gasteiger partial charge in [0.05, 0.1) is 10.5 Å². The summed E-state index contributed by atoms with van der Waals surface area (Å²) in [5, 5.41) is 17.0. The zero-order valence-electron chi connectivity index (χ0n) is 10.1. The van der Waals surface area contributed by atoms with E-state index < -0.39 is 11.6 Å². The van der Waals surface area contributed by atoms with Crippen molar-refractivity contribution in [1.82, 2.24) is 4.98 Å². The van der Waals surface area contributed by atoms with Crippen LogP contribution in [0.3, 0.4) is 0 Å². The zero-order valence-corrected chi connectivity index (χ0v) is 10.8. The third-order valence-electron chi connectivity index (χ3n) is 2.66. The topological polar surface area (TPSA) is 128 Å². The number of ketones is 1. The summed E-state index contributed by atoms with van der Waals surface area (Å²) >= 11 is 6.00. The number of aliphatic hydroxyl groups is 1. The summed E-state index contributed by atoms with van der Waals surface area (Å²) in [5.74, 6) is 3.34. The van der Waals surface area contributed by atoms with E-state index in [1.54, 1.807) is 18.2 Å². The average Bonchev–Trinajstić information content (AvgIpc) is 2.85. The Labute approximate surface area is 118 Å². The predicted octanol–water partition coefficient (Wildman–Crippen LogP) is 2.59. The molecule has 0 aliphatic carbocycles. The molecular weight excluding hydrogens is 282 g/mol. The minimum absolute atomic E-state index is 0.298. The van der Waals surface area contributed by atoms with E-state index in [9.17, 15) is 9.90 Å². The Morgan fingerprint density at radius 3 is 2.90 bits per heavy atom. The second kappa shape index (κ2) is 5.54. The Morgan fingerprint density at radius 1 is 1.50 bits per heavy atom. The number of halogens is 1. The van der Waals surface area contributed by atoms with Crippen molar-refractivity contribution >= 4 is 39.9 Å². The van der Waals surface area contributed by atoms with Crippen LogP contribution in [-0.2, 0) is 4.79 Å². The molecule has 0 atom stereocenters. The molecule has 102 valence electrons. The number of carbonyl (C=O) groups is 1. The minimum Gasteiger partial charge on any atom is -0.507 e. The molecule has 0 radical (unpaired) electrons. The number of hydrogen-bond acceptors (Lipinski definition) is 5. The lowest BCUT2D eigenvalue weighted by molar-refractivity contribution is -0.109. The van der Waals surface area contributed by atoms with E-state index in [0.29, 0.717) is 21.5 Å². The van der Waals surface area contributed by atoms with Crippen molar-refractivity contribution in [2.45, 2.75) is 0 Å². The smallest absolute Gasteiger partial charge is 0.239 e. The third-order valence-corrected chi connectivity index (χ3v) is 2.97. The molecule has 0 aliphatic heterocycles. The van der Waals surface area contributed by atoms with E-state index in [-0.39, 0.29) is 5.76 Å². The molecule has 8 heteroatoms. The molecule has 0 aliphatic rings. The molecule has 0 saturated carbocycles. The van der Waals surface area contributed by atoms with Gasteiger partial charge in [-0.2, -0.15) is 5.10 Å². The highest BCUT2D eigenvalue weighted by atomic mass is 35.5. The number of benzene rings is 1. The molecule has 0 unspecified atom stereocenters. The first kappa shape index (κ1) is 13.8. The number of carbonyl (C=O) groups excluding carboxylic acids is 1. The molecule has 0 spiro atoms. The molecule has 0 amide bonds. The van der Waals surface area contributed by atoms with Crippen LogP contribution < -0.4 is 5.84 Å². The number of para-hydroxylation sites is 1. The number of aliphatic hydroxyl groups excluding tert-OH is 1. The Kier molecular flexibility index (Phi) is 3.81. The summed E-state index contributed by atoms with van der Waals surface area (Å²) in [6.45, 7) is 0. The van der Waals surface area contributed by atoms with Crippen molar-refractivity contribution in [3.8, 4) is 0 Å². The Balaban J connectivity index is 2.46. The molecule has 5 N–H and O–H groups in total. The van der Waals surface area contributed by atoms with Gasteiger partial charge in [0.1, 0.15) is 5.76 Å². The number of H-pyrrole nitrogens is 1. The van der Waals surface area contributed by atoms with Gasteiger partial charge in [0, 0.05) is 23.2 Å². The minimum atomic E-state index is -0.767. The normalized spacial score (nSPS) is 12.7. The molecule has 7 nitrogen and oxygen atoms in total. The number of hydrazone groups is 1.